The molecule has 0 spiro atoms. The van der Waals surface area contributed by atoms with Gasteiger partial charge in [-0.2, -0.15) is 5.10 Å². The Bertz CT molecular complexity index is 890. The highest BCUT2D eigenvalue weighted by atomic mass is 32.2. The van der Waals surface area contributed by atoms with Gasteiger partial charge in [0.25, 0.3) is 10.0 Å². The van der Waals surface area contributed by atoms with Crippen LogP contribution in [-0.4, -0.2) is 26.6 Å². The summed E-state index contributed by atoms with van der Waals surface area (Å²) in [6.07, 6.45) is 1.05. The number of nitrogens with two attached hydrogens (primary N) is 1. The van der Waals surface area contributed by atoms with Crippen molar-refractivity contribution in [2.45, 2.75) is 9.79 Å². The Balaban J connectivity index is 2.47. The molecule has 0 atom stereocenters. The summed E-state index contributed by atoms with van der Waals surface area (Å²) in [5, 5.41) is 8.66. The van der Waals surface area contributed by atoms with Crippen LogP contribution in [0.4, 0.5) is 10.2 Å². The Kier molecular flexibility index (Phi) is 3.74. The zero-order chi connectivity index (χ0) is 15.8. The van der Waals surface area contributed by atoms with E-state index in [0.29, 0.717) is 0 Å². The molecule has 0 aliphatic heterocycles. The van der Waals surface area contributed by atoms with E-state index >= 15 is 0 Å². The quantitative estimate of drug-likeness (QED) is 0.815. The van der Waals surface area contributed by atoms with E-state index in [9.17, 15) is 21.2 Å². The average molecular weight is 334 g/mol. The van der Waals surface area contributed by atoms with E-state index in [2.05, 4.69) is 5.10 Å². The fourth-order valence-corrected chi connectivity index (χ4v) is 3.34. The average Bonchev–Trinajstić information content (AvgIpc) is 2.69. The summed E-state index contributed by atoms with van der Waals surface area (Å²) in [5.41, 5.74) is 0. The molecule has 1 aromatic heterocycles. The lowest BCUT2D eigenvalue weighted by Crippen LogP contribution is -2.18. The standard InChI is InChI=1S/C10H11FN4O4S2/c1-15-6-9(20(12,16)17)10(13-15)14-21(18,19)8-4-2-3-7(11)5-8/h2-6H,1H3,(H,13,14)(H2,12,16,17). The van der Waals surface area contributed by atoms with Gasteiger partial charge in [0.15, 0.2) is 5.82 Å². The lowest BCUT2D eigenvalue weighted by Gasteiger charge is -2.06. The molecule has 8 nitrogen and oxygen atoms in total. The Morgan fingerprint density at radius 2 is 1.95 bits per heavy atom. The highest BCUT2D eigenvalue weighted by Gasteiger charge is 2.23. The molecule has 3 N–H and O–H groups in total. The first kappa shape index (κ1) is 15.4. The van der Waals surface area contributed by atoms with Gasteiger partial charge in [-0.05, 0) is 18.2 Å². The van der Waals surface area contributed by atoms with Crippen LogP contribution in [0.25, 0.3) is 0 Å². The number of sulfonamides is 2. The summed E-state index contributed by atoms with van der Waals surface area (Å²) in [5.74, 6) is -1.20. The molecule has 21 heavy (non-hydrogen) atoms. The summed E-state index contributed by atoms with van der Waals surface area (Å²) in [6, 6.07) is 4.24. The number of nitrogens with zero attached hydrogens (tertiary/aromatic N) is 2. The molecule has 0 radical (unpaired) electrons. The topological polar surface area (TPSA) is 124 Å². The normalized spacial score (nSPS) is 12.3. The monoisotopic (exact) mass is 334 g/mol. The molecule has 0 saturated carbocycles. The smallest absolute Gasteiger partial charge is 0.263 e. The minimum Gasteiger partial charge on any atom is -0.272 e. The first-order chi connectivity index (χ1) is 9.59. The molecular weight excluding hydrogens is 323 g/mol. The third-order valence-electron chi connectivity index (χ3n) is 2.44. The van der Waals surface area contributed by atoms with Crippen LogP contribution in [0.2, 0.25) is 0 Å². The van der Waals surface area contributed by atoms with Gasteiger partial charge < -0.3 is 0 Å². The van der Waals surface area contributed by atoms with Gasteiger partial charge in [-0.15, -0.1) is 0 Å². The maximum absolute atomic E-state index is 13.1. The molecule has 1 heterocycles. The highest BCUT2D eigenvalue weighted by Crippen LogP contribution is 2.21. The number of halogens is 1. The second-order valence-electron chi connectivity index (χ2n) is 4.12. The lowest BCUT2D eigenvalue weighted by atomic mass is 10.4. The van der Waals surface area contributed by atoms with Gasteiger partial charge in [-0.3, -0.25) is 9.40 Å². The number of aryl methyl sites for hydroxylation is 1. The lowest BCUT2D eigenvalue weighted by molar-refractivity contribution is 0.595. The van der Waals surface area contributed by atoms with Crippen LogP contribution in [0.5, 0.6) is 0 Å². The molecule has 0 aliphatic carbocycles. The van der Waals surface area contributed by atoms with E-state index in [-0.39, 0.29) is 4.90 Å². The Morgan fingerprint density at radius 3 is 2.52 bits per heavy atom. The van der Waals surface area contributed by atoms with E-state index in [1.165, 1.54) is 13.1 Å². The van der Waals surface area contributed by atoms with Crippen LogP contribution in [0.15, 0.2) is 40.3 Å². The van der Waals surface area contributed by atoms with Crippen molar-refractivity contribution in [2.75, 3.05) is 4.72 Å². The first-order valence-corrected chi connectivity index (χ1v) is 8.47. The van der Waals surface area contributed by atoms with Crippen molar-refractivity contribution in [1.82, 2.24) is 9.78 Å². The van der Waals surface area contributed by atoms with Crippen molar-refractivity contribution in [3.63, 3.8) is 0 Å². The van der Waals surface area contributed by atoms with Crippen LogP contribution in [0.3, 0.4) is 0 Å². The van der Waals surface area contributed by atoms with Crippen molar-refractivity contribution in [2.24, 2.45) is 12.2 Å². The summed E-state index contributed by atoms with van der Waals surface area (Å²) in [4.78, 5) is -0.849. The van der Waals surface area contributed by atoms with E-state index in [4.69, 9.17) is 5.14 Å². The summed E-state index contributed by atoms with van der Waals surface area (Å²) in [7, 11) is -6.95. The maximum atomic E-state index is 13.1. The number of rotatable bonds is 4. The molecule has 0 amide bonds. The van der Waals surface area contributed by atoms with E-state index in [1.54, 1.807) is 0 Å². The second-order valence-corrected chi connectivity index (χ2v) is 7.34. The van der Waals surface area contributed by atoms with Gasteiger partial charge in [-0.25, -0.2) is 26.4 Å². The zero-order valence-corrected chi connectivity index (χ0v) is 12.3. The van der Waals surface area contributed by atoms with Gasteiger partial charge in [0.05, 0.1) is 4.90 Å². The summed E-state index contributed by atoms with van der Waals surface area (Å²) < 4.78 is 63.0. The van der Waals surface area contributed by atoms with Crippen LogP contribution in [0, 0.1) is 5.82 Å². The maximum Gasteiger partial charge on any atom is 0.263 e. The molecule has 11 heteroatoms. The third-order valence-corrected chi connectivity index (χ3v) is 4.69. The predicted molar refractivity (Wildman–Crippen MR) is 71.8 cm³/mol. The molecule has 0 saturated heterocycles. The molecule has 0 fully saturated rings. The SMILES string of the molecule is Cn1cc(S(N)(=O)=O)c(NS(=O)(=O)c2cccc(F)c2)n1. The molecule has 0 unspecified atom stereocenters. The molecule has 0 bridgehead atoms. The van der Waals surface area contributed by atoms with E-state index in [0.717, 1.165) is 29.1 Å². The molecule has 1 aromatic carbocycles. The van der Waals surface area contributed by atoms with Gasteiger partial charge in [0.1, 0.15) is 10.7 Å². The van der Waals surface area contributed by atoms with E-state index in [1.807, 2.05) is 4.72 Å². The van der Waals surface area contributed by atoms with Gasteiger partial charge in [0.2, 0.25) is 10.0 Å². The molecule has 2 aromatic rings. The molecule has 0 aliphatic rings. The highest BCUT2D eigenvalue weighted by molar-refractivity contribution is 7.93. The number of primary sulfonamides is 1. The van der Waals surface area contributed by atoms with E-state index < -0.39 is 36.6 Å². The number of nitrogens with one attached hydrogen (secondary N) is 1. The summed E-state index contributed by atoms with van der Waals surface area (Å²) >= 11 is 0. The molecule has 2 rings (SSSR count). The van der Waals surface area contributed by atoms with Crippen molar-refractivity contribution in [3.8, 4) is 0 Å². The van der Waals surface area contributed by atoms with Crippen LogP contribution in [-0.2, 0) is 27.1 Å². The Morgan fingerprint density at radius 1 is 1.29 bits per heavy atom. The van der Waals surface area contributed by atoms with Crippen molar-refractivity contribution < 1.29 is 21.2 Å². The number of aromatic nitrogens is 2. The fraction of sp³-hybridized carbons (Fsp3) is 0.100. The van der Waals surface area contributed by atoms with Crippen LogP contribution < -0.4 is 9.86 Å². The van der Waals surface area contributed by atoms with Crippen molar-refractivity contribution >= 4 is 25.9 Å². The number of benzene rings is 1. The zero-order valence-electron chi connectivity index (χ0n) is 10.7. The number of hydrogen-bond donors (Lipinski definition) is 2. The van der Waals surface area contributed by atoms with Gasteiger partial charge in [0, 0.05) is 13.2 Å². The minimum atomic E-state index is -4.19. The van der Waals surface area contributed by atoms with Crippen molar-refractivity contribution in [1.29, 1.82) is 0 Å². The fourth-order valence-electron chi connectivity index (χ4n) is 1.57. The molecular formula is C10H11FN4O4S2. The first-order valence-electron chi connectivity index (χ1n) is 5.44. The predicted octanol–water partition coefficient (Wildman–Crippen LogP) is 0.00740. The summed E-state index contributed by atoms with van der Waals surface area (Å²) in [6.45, 7) is 0. The van der Waals surface area contributed by atoms with Crippen LogP contribution in [0.1, 0.15) is 0 Å². The number of anilines is 1. The minimum absolute atomic E-state index is 0.367. The Hall–Kier alpha value is -1.98. The van der Waals surface area contributed by atoms with Gasteiger partial charge in [-0.1, -0.05) is 6.07 Å². The number of hydrogen-bond acceptors (Lipinski definition) is 5. The van der Waals surface area contributed by atoms with Crippen molar-refractivity contribution in [3.05, 3.63) is 36.3 Å². The molecule has 114 valence electrons. The largest absolute Gasteiger partial charge is 0.272 e. The second kappa shape index (κ2) is 5.09. The third kappa shape index (κ3) is 3.37. The van der Waals surface area contributed by atoms with Gasteiger partial charge >= 0.3 is 0 Å². The van der Waals surface area contributed by atoms with Crippen LogP contribution >= 0.6 is 0 Å². The Labute approximate surface area is 120 Å².